The molecule has 0 aromatic heterocycles. The van der Waals surface area contributed by atoms with E-state index in [0.29, 0.717) is 34.9 Å². The molecule has 2 aromatic carbocycles. The summed E-state index contributed by atoms with van der Waals surface area (Å²) in [6, 6.07) is 11.8. The summed E-state index contributed by atoms with van der Waals surface area (Å²) < 4.78 is 5.40. The molecule has 5 heteroatoms. The number of aliphatic hydroxyl groups excluding tert-OH is 1. The van der Waals surface area contributed by atoms with Gasteiger partial charge in [0.05, 0.1) is 13.2 Å². The number of nitrogen functional groups attached to an aromatic ring is 1. The van der Waals surface area contributed by atoms with Crippen molar-refractivity contribution in [3.05, 3.63) is 53.6 Å². The number of anilines is 2. The summed E-state index contributed by atoms with van der Waals surface area (Å²) in [5, 5.41) is 12.1. The molecule has 5 nitrogen and oxygen atoms in total. The summed E-state index contributed by atoms with van der Waals surface area (Å²) in [5.41, 5.74) is 7.95. The lowest BCUT2D eigenvalue weighted by Crippen LogP contribution is -2.12. The number of nitrogens with one attached hydrogen (secondary N) is 1. The molecule has 0 saturated carbocycles. The molecule has 21 heavy (non-hydrogen) atoms. The predicted octanol–water partition coefficient (Wildman–Crippen LogP) is 2.41. The van der Waals surface area contributed by atoms with Crippen molar-refractivity contribution in [3.63, 3.8) is 0 Å². The normalized spacial score (nSPS) is 10.2. The zero-order valence-electron chi connectivity index (χ0n) is 11.8. The van der Waals surface area contributed by atoms with Crippen molar-refractivity contribution >= 4 is 17.3 Å². The highest BCUT2D eigenvalue weighted by atomic mass is 16.5. The van der Waals surface area contributed by atoms with Crippen LogP contribution in [0.2, 0.25) is 0 Å². The quantitative estimate of drug-likeness (QED) is 0.737. The number of ether oxygens (including phenoxy) is 1. The summed E-state index contributed by atoms with van der Waals surface area (Å²) in [5.74, 6) is 0.383. The molecule has 2 rings (SSSR count). The van der Waals surface area contributed by atoms with Crippen molar-refractivity contribution in [3.8, 4) is 5.75 Å². The molecule has 0 saturated heterocycles. The van der Waals surface area contributed by atoms with E-state index in [0.717, 1.165) is 0 Å². The molecule has 0 spiro atoms. The smallest absolute Gasteiger partial charge is 0.255 e. The van der Waals surface area contributed by atoms with Crippen molar-refractivity contribution < 1.29 is 14.6 Å². The Balaban J connectivity index is 2.15. The Morgan fingerprint density at radius 3 is 2.57 bits per heavy atom. The first kappa shape index (κ1) is 14.9. The van der Waals surface area contributed by atoms with Gasteiger partial charge in [-0.3, -0.25) is 4.79 Å². The lowest BCUT2D eigenvalue weighted by molar-refractivity contribution is 0.102. The minimum absolute atomic E-state index is 0.152. The zero-order valence-corrected chi connectivity index (χ0v) is 11.8. The Kier molecular flexibility index (Phi) is 4.79. The SMILES string of the molecule is CCOc1ccc(NC(=O)c2ccc(N)cc2)cc1CO. The average Bonchev–Trinajstić information content (AvgIpc) is 2.49. The van der Waals surface area contributed by atoms with Crippen molar-refractivity contribution in [2.24, 2.45) is 0 Å². The van der Waals surface area contributed by atoms with Gasteiger partial charge in [0.1, 0.15) is 5.75 Å². The summed E-state index contributed by atoms with van der Waals surface area (Å²) in [6.45, 7) is 2.24. The number of nitrogens with two attached hydrogens (primary N) is 1. The second-order valence-corrected chi connectivity index (χ2v) is 4.49. The van der Waals surface area contributed by atoms with E-state index < -0.39 is 0 Å². The van der Waals surface area contributed by atoms with Gasteiger partial charge in [-0.15, -0.1) is 0 Å². The highest BCUT2D eigenvalue weighted by molar-refractivity contribution is 6.04. The second-order valence-electron chi connectivity index (χ2n) is 4.49. The summed E-state index contributed by atoms with van der Waals surface area (Å²) in [6.07, 6.45) is 0. The molecule has 0 aliphatic rings. The maximum Gasteiger partial charge on any atom is 0.255 e. The van der Waals surface area contributed by atoms with Crippen LogP contribution in [0.25, 0.3) is 0 Å². The standard InChI is InChI=1S/C16H18N2O3/c1-2-21-15-8-7-14(9-12(15)10-19)18-16(20)11-3-5-13(17)6-4-11/h3-9,19H,2,10,17H2,1H3,(H,18,20). The number of aliphatic hydroxyl groups is 1. The third kappa shape index (κ3) is 3.73. The molecule has 110 valence electrons. The minimum Gasteiger partial charge on any atom is -0.494 e. The Morgan fingerprint density at radius 1 is 1.24 bits per heavy atom. The Hall–Kier alpha value is -2.53. The van der Waals surface area contributed by atoms with Crippen molar-refractivity contribution in [2.75, 3.05) is 17.7 Å². The number of carbonyl (C=O) groups is 1. The van der Waals surface area contributed by atoms with Crippen LogP contribution in [0.1, 0.15) is 22.8 Å². The predicted molar refractivity (Wildman–Crippen MR) is 82.3 cm³/mol. The number of rotatable bonds is 5. The molecule has 0 radical (unpaired) electrons. The van der Waals surface area contributed by atoms with Crippen molar-refractivity contribution in [2.45, 2.75) is 13.5 Å². The molecule has 0 fully saturated rings. The molecule has 0 aliphatic heterocycles. The van der Waals surface area contributed by atoms with Gasteiger partial charge in [0.15, 0.2) is 0 Å². The van der Waals surface area contributed by atoms with E-state index in [1.54, 1.807) is 42.5 Å². The minimum atomic E-state index is -0.233. The van der Waals surface area contributed by atoms with E-state index in [2.05, 4.69) is 5.32 Å². The summed E-state index contributed by atoms with van der Waals surface area (Å²) >= 11 is 0. The third-order valence-electron chi connectivity index (χ3n) is 2.96. The Morgan fingerprint density at radius 2 is 1.95 bits per heavy atom. The fraction of sp³-hybridized carbons (Fsp3) is 0.188. The van der Waals surface area contributed by atoms with Crippen LogP contribution in [0, 0.1) is 0 Å². The molecule has 0 atom stereocenters. The maximum absolute atomic E-state index is 12.1. The molecule has 4 N–H and O–H groups in total. The first-order valence-corrected chi connectivity index (χ1v) is 6.67. The first-order valence-electron chi connectivity index (χ1n) is 6.67. The van der Waals surface area contributed by atoms with Crippen molar-refractivity contribution in [1.82, 2.24) is 0 Å². The number of benzene rings is 2. The molecule has 2 aromatic rings. The molecule has 1 amide bonds. The highest BCUT2D eigenvalue weighted by Gasteiger charge is 2.08. The van der Waals surface area contributed by atoms with E-state index >= 15 is 0 Å². The maximum atomic E-state index is 12.1. The van der Waals surface area contributed by atoms with E-state index in [1.807, 2.05) is 6.92 Å². The topological polar surface area (TPSA) is 84.6 Å². The van der Waals surface area contributed by atoms with Crippen LogP contribution in [-0.4, -0.2) is 17.6 Å². The van der Waals surface area contributed by atoms with Gasteiger partial charge in [-0.1, -0.05) is 0 Å². The van der Waals surface area contributed by atoms with Gasteiger partial charge >= 0.3 is 0 Å². The Bertz CT molecular complexity index is 624. The van der Waals surface area contributed by atoms with Crippen LogP contribution >= 0.6 is 0 Å². The fourth-order valence-electron chi connectivity index (χ4n) is 1.91. The average molecular weight is 286 g/mol. The van der Waals surface area contributed by atoms with Gasteiger partial charge in [-0.2, -0.15) is 0 Å². The summed E-state index contributed by atoms with van der Waals surface area (Å²) in [7, 11) is 0. The van der Waals surface area contributed by atoms with E-state index in [9.17, 15) is 9.90 Å². The molecule has 0 unspecified atom stereocenters. The third-order valence-corrected chi connectivity index (χ3v) is 2.96. The fourth-order valence-corrected chi connectivity index (χ4v) is 1.91. The number of hydrogen-bond acceptors (Lipinski definition) is 4. The van der Waals surface area contributed by atoms with Gasteiger partial charge < -0.3 is 20.9 Å². The largest absolute Gasteiger partial charge is 0.494 e. The van der Waals surface area contributed by atoms with Gasteiger partial charge in [0, 0.05) is 22.5 Å². The number of amides is 1. The Labute approximate surface area is 123 Å². The molecule has 0 bridgehead atoms. The second kappa shape index (κ2) is 6.76. The molecule has 0 aliphatic carbocycles. The van der Waals surface area contributed by atoms with Crippen LogP contribution in [0.15, 0.2) is 42.5 Å². The van der Waals surface area contributed by atoms with Crippen LogP contribution in [0.5, 0.6) is 5.75 Å². The molecular formula is C16H18N2O3. The highest BCUT2D eigenvalue weighted by Crippen LogP contribution is 2.23. The van der Waals surface area contributed by atoms with Crippen molar-refractivity contribution in [1.29, 1.82) is 0 Å². The number of hydrogen-bond donors (Lipinski definition) is 3. The van der Waals surface area contributed by atoms with Gasteiger partial charge in [-0.25, -0.2) is 0 Å². The van der Waals surface area contributed by atoms with Crippen LogP contribution < -0.4 is 15.8 Å². The summed E-state index contributed by atoms with van der Waals surface area (Å²) in [4.78, 5) is 12.1. The zero-order chi connectivity index (χ0) is 15.2. The molecule has 0 heterocycles. The van der Waals surface area contributed by atoms with Gasteiger partial charge in [0.25, 0.3) is 5.91 Å². The van der Waals surface area contributed by atoms with E-state index in [4.69, 9.17) is 10.5 Å². The van der Waals surface area contributed by atoms with Gasteiger partial charge in [-0.05, 0) is 49.4 Å². The lowest BCUT2D eigenvalue weighted by atomic mass is 10.1. The number of carbonyl (C=O) groups excluding carboxylic acids is 1. The van der Waals surface area contributed by atoms with Gasteiger partial charge in [0.2, 0.25) is 0 Å². The van der Waals surface area contributed by atoms with Crippen LogP contribution in [-0.2, 0) is 6.61 Å². The monoisotopic (exact) mass is 286 g/mol. The molecular weight excluding hydrogens is 268 g/mol. The lowest BCUT2D eigenvalue weighted by Gasteiger charge is -2.11. The van der Waals surface area contributed by atoms with E-state index in [-0.39, 0.29) is 12.5 Å². The van der Waals surface area contributed by atoms with E-state index in [1.165, 1.54) is 0 Å². The van der Waals surface area contributed by atoms with Crippen LogP contribution in [0.4, 0.5) is 11.4 Å². The van der Waals surface area contributed by atoms with Crippen LogP contribution in [0.3, 0.4) is 0 Å². The first-order chi connectivity index (χ1) is 10.1.